The summed E-state index contributed by atoms with van der Waals surface area (Å²) in [7, 11) is 3.36. The SMILES string of the molecule is COc1ccc(N(C)C#N)cc1C. The summed E-state index contributed by atoms with van der Waals surface area (Å²) in [6.45, 7) is 1.95. The second kappa shape index (κ2) is 3.81. The molecule has 0 unspecified atom stereocenters. The van der Waals surface area contributed by atoms with Crippen LogP contribution < -0.4 is 9.64 Å². The second-order valence-corrected chi connectivity index (χ2v) is 2.81. The Hall–Kier alpha value is -1.69. The monoisotopic (exact) mass is 176 g/mol. The molecule has 13 heavy (non-hydrogen) atoms. The van der Waals surface area contributed by atoms with E-state index in [1.165, 1.54) is 4.90 Å². The summed E-state index contributed by atoms with van der Waals surface area (Å²) in [6, 6.07) is 5.63. The van der Waals surface area contributed by atoms with Crippen molar-refractivity contribution in [2.45, 2.75) is 6.92 Å². The van der Waals surface area contributed by atoms with Crippen molar-refractivity contribution in [3.05, 3.63) is 23.8 Å². The zero-order valence-electron chi connectivity index (χ0n) is 8.03. The summed E-state index contributed by atoms with van der Waals surface area (Å²) in [5, 5.41) is 8.65. The Labute approximate surface area is 78.2 Å². The Morgan fingerprint density at radius 2 is 2.15 bits per heavy atom. The fourth-order valence-corrected chi connectivity index (χ4v) is 1.13. The van der Waals surface area contributed by atoms with Crippen molar-refractivity contribution in [2.75, 3.05) is 19.1 Å². The van der Waals surface area contributed by atoms with E-state index in [2.05, 4.69) is 0 Å². The van der Waals surface area contributed by atoms with Crippen LogP contribution in [0.25, 0.3) is 0 Å². The van der Waals surface area contributed by atoms with E-state index >= 15 is 0 Å². The lowest BCUT2D eigenvalue weighted by atomic mass is 10.2. The molecule has 3 nitrogen and oxygen atoms in total. The predicted octanol–water partition coefficient (Wildman–Crippen LogP) is 1.92. The first-order valence-electron chi connectivity index (χ1n) is 3.97. The number of aryl methyl sites for hydroxylation is 1. The maximum Gasteiger partial charge on any atom is 0.183 e. The number of hydrogen-bond donors (Lipinski definition) is 0. The van der Waals surface area contributed by atoms with Crippen LogP contribution in [-0.4, -0.2) is 14.2 Å². The third kappa shape index (κ3) is 1.91. The van der Waals surface area contributed by atoms with Crippen molar-refractivity contribution in [2.24, 2.45) is 0 Å². The highest BCUT2D eigenvalue weighted by molar-refractivity contribution is 5.54. The molecule has 0 amide bonds. The van der Waals surface area contributed by atoms with Gasteiger partial charge in [-0.05, 0) is 30.7 Å². The number of ether oxygens (including phenoxy) is 1. The van der Waals surface area contributed by atoms with Crippen LogP contribution >= 0.6 is 0 Å². The average Bonchev–Trinajstić information content (AvgIpc) is 2.16. The molecule has 1 rings (SSSR count). The lowest BCUT2D eigenvalue weighted by Crippen LogP contribution is -2.07. The third-order valence-electron chi connectivity index (χ3n) is 1.92. The van der Waals surface area contributed by atoms with E-state index in [0.717, 1.165) is 17.0 Å². The normalized spacial score (nSPS) is 9.08. The molecular formula is C10H12N2O. The standard InChI is InChI=1S/C10H12N2O/c1-8-6-9(12(2)7-11)4-5-10(8)13-3/h4-6H,1-3H3. The van der Waals surface area contributed by atoms with Crippen molar-refractivity contribution in [1.82, 2.24) is 0 Å². The van der Waals surface area contributed by atoms with E-state index < -0.39 is 0 Å². The Bertz CT molecular complexity index is 341. The lowest BCUT2D eigenvalue weighted by Gasteiger charge is -2.11. The molecule has 3 heteroatoms. The van der Waals surface area contributed by atoms with Crippen molar-refractivity contribution in [1.29, 1.82) is 5.26 Å². The van der Waals surface area contributed by atoms with Gasteiger partial charge in [-0.2, -0.15) is 5.26 Å². The molecule has 0 aliphatic rings. The summed E-state index contributed by atoms with van der Waals surface area (Å²) >= 11 is 0. The van der Waals surface area contributed by atoms with Crippen molar-refractivity contribution in [3.8, 4) is 11.9 Å². The minimum atomic E-state index is 0.843. The van der Waals surface area contributed by atoms with Crippen LogP contribution in [0.3, 0.4) is 0 Å². The first-order chi connectivity index (χ1) is 6.19. The van der Waals surface area contributed by atoms with E-state index in [1.807, 2.05) is 31.3 Å². The smallest absolute Gasteiger partial charge is 0.183 e. The van der Waals surface area contributed by atoms with Gasteiger partial charge in [0.25, 0.3) is 0 Å². The quantitative estimate of drug-likeness (QED) is 0.510. The number of benzene rings is 1. The molecule has 0 fully saturated rings. The number of hydrogen-bond acceptors (Lipinski definition) is 3. The fourth-order valence-electron chi connectivity index (χ4n) is 1.13. The Morgan fingerprint density at radius 1 is 1.46 bits per heavy atom. The van der Waals surface area contributed by atoms with Crippen LogP contribution in [0.2, 0.25) is 0 Å². The van der Waals surface area contributed by atoms with Crippen molar-refractivity contribution < 1.29 is 4.74 Å². The largest absolute Gasteiger partial charge is 0.496 e. The zero-order valence-corrected chi connectivity index (χ0v) is 8.03. The highest BCUT2D eigenvalue weighted by Crippen LogP contribution is 2.22. The summed E-state index contributed by atoms with van der Waals surface area (Å²) in [5.74, 6) is 0.843. The highest BCUT2D eigenvalue weighted by atomic mass is 16.5. The zero-order chi connectivity index (χ0) is 9.84. The van der Waals surface area contributed by atoms with Gasteiger partial charge >= 0.3 is 0 Å². The van der Waals surface area contributed by atoms with Crippen LogP contribution in [0, 0.1) is 18.4 Å². The Balaban J connectivity index is 3.04. The summed E-state index contributed by atoms with van der Waals surface area (Å²) in [4.78, 5) is 1.51. The number of rotatable bonds is 2. The minimum absolute atomic E-state index is 0.843. The first kappa shape index (κ1) is 9.40. The molecule has 0 aliphatic carbocycles. The van der Waals surface area contributed by atoms with Crippen LogP contribution in [0.1, 0.15) is 5.56 Å². The van der Waals surface area contributed by atoms with E-state index in [0.29, 0.717) is 0 Å². The van der Waals surface area contributed by atoms with Gasteiger partial charge in [0.15, 0.2) is 6.19 Å². The van der Waals surface area contributed by atoms with Gasteiger partial charge < -0.3 is 4.74 Å². The van der Waals surface area contributed by atoms with Crippen molar-refractivity contribution in [3.63, 3.8) is 0 Å². The Morgan fingerprint density at radius 3 is 2.62 bits per heavy atom. The lowest BCUT2D eigenvalue weighted by molar-refractivity contribution is 0.412. The number of nitriles is 1. The molecule has 0 N–H and O–H groups in total. The fraction of sp³-hybridized carbons (Fsp3) is 0.300. The Kier molecular flexibility index (Phi) is 2.76. The maximum absolute atomic E-state index is 8.65. The minimum Gasteiger partial charge on any atom is -0.496 e. The number of methoxy groups -OCH3 is 1. The van der Waals surface area contributed by atoms with Gasteiger partial charge in [0, 0.05) is 7.05 Å². The van der Waals surface area contributed by atoms with Gasteiger partial charge in [-0.3, -0.25) is 4.90 Å². The topological polar surface area (TPSA) is 36.3 Å². The summed E-state index contributed by atoms with van der Waals surface area (Å²) in [6.07, 6.45) is 2.04. The predicted molar refractivity (Wildman–Crippen MR) is 51.7 cm³/mol. The molecule has 0 saturated heterocycles. The van der Waals surface area contributed by atoms with E-state index in [9.17, 15) is 0 Å². The van der Waals surface area contributed by atoms with Gasteiger partial charge in [0.05, 0.1) is 12.8 Å². The van der Waals surface area contributed by atoms with E-state index in [1.54, 1.807) is 14.2 Å². The second-order valence-electron chi connectivity index (χ2n) is 2.81. The number of nitrogens with zero attached hydrogens (tertiary/aromatic N) is 2. The third-order valence-corrected chi connectivity index (χ3v) is 1.92. The molecule has 0 spiro atoms. The number of anilines is 1. The van der Waals surface area contributed by atoms with Gasteiger partial charge in [0.1, 0.15) is 5.75 Å². The molecule has 0 saturated carbocycles. The van der Waals surface area contributed by atoms with Gasteiger partial charge in [0.2, 0.25) is 0 Å². The van der Waals surface area contributed by atoms with E-state index in [4.69, 9.17) is 10.00 Å². The van der Waals surface area contributed by atoms with Gasteiger partial charge in [-0.1, -0.05) is 0 Å². The first-order valence-corrected chi connectivity index (χ1v) is 3.97. The molecule has 0 heterocycles. The van der Waals surface area contributed by atoms with Crippen LogP contribution in [0.15, 0.2) is 18.2 Å². The van der Waals surface area contributed by atoms with E-state index in [-0.39, 0.29) is 0 Å². The molecule has 1 aromatic carbocycles. The molecule has 1 aromatic rings. The van der Waals surface area contributed by atoms with Crippen LogP contribution in [-0.2, 0) is 0 Å². The van der Waals surface area contributed by atoms with Crippen LogP contribution in [0.5, 0.6) is 5.75 Å². The molecule has 0 bridgehead atoms. The van der Waals surface area contributed by atoms with Crippen LogP contribution in [0.4, 0.5) is 5.69 Å². The summed E-state index contributed by atoms with van der Waals surface area (Å²) in [5.41, 5.74) is 1.91. The average molecular weight is 176 g/mol. The summed E-state index contributed by atoms with van der Waals surface area (Å²) < 4.78 is 5.11. The van der Waals surface area contributed by atoms with Crippen molar-refractivity contribution >= 4 is 5.69 Å². The van der Waals surface area contributed by atoms with Gasteiger partial charge in [-0.15, -0.1) is 0 Å². The molecule has 0 aromatic heterocycles. The highest BCUT2D eigenvalue weighted by Gasteiger charge is 2.02. The maximum atomic E-state index is 8.65. The molecule has 68 valence electrons. The molecular weight excluding hydrogens is 164 g/mol. The molecule has 0 radical (unpaired) electrons. The molecule has 0 aliphatic heterocycles. The molecule has 0 atom stereocenters. The van der Waals surface area contributed by atoms with Gasteiger partial charge in [-0.25, -0.2) is 0 Å².